The molecule has 90 valence electrons. The van der Waals surface area contributed by atoms with Gasteiger partial charge in [0.15, 0.2) is 5.43 Å². The summed E-state index contributed by atoms with van der Waals surface area (Å²) < 4.78 is 2.05. The molecule has 0 amide bonds. The van der Waals surface area contributed by atoms with Crippen molar-refractivity contribution in [2.24, 2.45) is 0 Å². The Morgan fingerprint density at radius 2 is 1.58 bits per heavy atom. The summed E-state index contributed by atoms with van der Waals surface area (Å²) in [6.07, 6.45) is 1.70. The molecule has 4 aromatic rings. The summed E-state index contributed by atoms with van der Waals surface area (Å²) in [7, 11) is 0. The molecule has 0 aliphatic rings. The van der Waals surface area contributed by atoms with Gasteiger partial charge in [-0.2, -0.15) is 0 Å². The third-order valence-corrected chi connectivity index (χ3v) is 4.53. The summed E-state index contributed by atoms with van der Waals surface area (Å²) in [5.74, 6) is 0. The maximum absolute atomic E-state index is 12.5. The fourth-order valence-electron chi connectivity index (χ4n) is 2.39. The number of hydrogen-bond donors (Lipinski definition) is 0. The Morgan fingerprint density at radius 3 is 2.47 bits per heavy atom. The van der Waals surface area contributed by atoms with Gasteiger partial charge in [0.1, 0.15) is 0 Å². The Labute approximate surface area is 113 Å². The van der Waals surface area contributed by atoms with Gasteiger partial charge in [-0.25, -0.2) is 0 Å². The van der Waals surface area contributed by atoms with E-state index in [2.05, 4.69) is 4.98 Å². The van der Waals surface area contributed by atoms with Crippen LogP contribution in [0.25, 0.3) is 31.1 Å². The van der Waals surface area contributed by atoms with Crippen molar-refractivity contribution in [2.75, 3.05) is 0 Å². The van der Waals surface area contributed by atoms with Crippen molar-refractivity contribution in [3.63, 3.8) is 0 Å². The summed E-state index contributed by atoms with van der Waals surface area (Å²) in [5.41, 5.74) is 1.00. The van der Waals surface area contributed by atoms with E-state index in [0.29, 0.717) is 5.39 Å². The molecule has 2 aromatic heterocycles. The lowest BCUT2D eigenvalue weighted by molar-refractivity contribution is 1.44. The Morgan fingerprint density at radius 1 is 0.842 bits per heavy atom. The standard InChI is InChI=1S/C16H9NOS/c18-15-11-6-2-4-8-14(11)19-16-10-5-1-3-7-13(10)17-9-12(15)16/h1-9H. The number of para-hydroxylation sites is 1. The molecule has 2 aromatic carbocycles. The molecular weight excluding hydrogens is 254 g/mol. The lowest BCUT2D eigenvalue weighted by atomic mass is 10.1. The van der Waals surface area contributed by atoms with Crippen molar-refractivity contribution in [1.82, 2.24) is 4.98 Å². The molecule has 0 aliphatic carbocycles. The van der Waals surface area contributed by atoms with Crippen LogP contribution in [0.4, 0.5) is 0 Å². The second kappa shape index (κ2) is 3.87. The second-order valence-electron chi connectivity index (χ2n) is 4.45. The summed E-state index contributed by atoms with van der Waals surface area (Å²) in [6, 6.07) is 15.7. The molecule has 2 heterocycles. The van der Waals surface area contributed by atoms with Crippen molar-refractivity contribution in [3.8, 4) is 0 Å². The second-order valence-corrected chi connectivity index (χ2v) is 5.50. The van der Waals surface area contributed by atoms with Crippen molar-refractivity contribution >= 4 is 42.4 Å². The van der Waals surface area contributed by atoms with Crippen molar-refractivity contribution in [3.05, 3.63) is 65.0 Å². The molecule has 2 nitrogen and oxygen atoms in total. The van der Waals surface area contributed by atoms with E-state index in [0.717, 1.165) is 25.7 Å². The minimum absolute atomic E-state index is 0.0719. The van der Waals surface area contributed by atoms with Gasteiger partial charge < -0.3 is 0 Å². The molecule has 3 heteroatoms. The summed E-state index contributed by atoms with van der Waals surface area (Å²) in [6.45, 7) is 0. The minimum Gasteiger partial charge on any atom is -0.288 e. The SMILES string of the molecule is O=c1c2ccccc2sc2c1cnc1ccccc12. The zero-order valence-corrected chi connectivity index (χ0v) is 10.8. The molecule has 4 rings (SSSR count). The quantitative estimate of drug-likeness (QED) is 0.355. The van der Waals surface area contributed by atoms with Crippen molar-refractivity contribution < 1.29 is 0 Å². The Bertz CT molecular complexity index is 988. The van der Waals surface area contributed by atoms with Crippen LogP contribution in [-0.2, 0) is 0 Å². The monoisotopic (exact) mass is 263 g/mol. The number of pyridine rings is 1. The zero-order chi connectivity index (χ0) is 12.8. The van der Waals surface area contributed by atoms with Gasteiger partial charge in [0.2, 0.25) is 0 Å². The van der Waals surface area contributed by atoms with Crippen molar-refractivity contribution in [2.45, 2.75) is 0 Å². The summed E-state index contributed by atoms with van der Waals surface area (Å²) in [5, 5.41) is 2.53. The highest BCUT2D eigenvalue weighted by atomic mass is 32.1. The van der Waals surface area contributed by atoms with Crippen LogP contribution in [0.15, 0.2) is 59.5 Å². The van der Waals surface area contributed by atoms with Gasteiger partial charge >= 0.3 is 0 Å². The zero-order valence-electron chi connectivity index (χ0n) is 9.96. The van der Waals surface area contributed by atoms with Crippen LogP contribution in [0.3, 0.4) is 0 Å². The fourth-order valence-corrected chi connectivity index (χ4v) is 3.56. The van der Waals surface area contributed by atoms with Crippen LogP contribution in [0, 0.1) is 0 Å². The van der Waals surface area contributed by atoms with Gasteiger partial charge in [-0.1, -0.05) is 30.3 Å². The molecule has 0 aliphatic heterocycles. The van der Waals surface area contributed by atoms with E-state index in [-0.39, 0.29) is 5.43 Å². The van der Waals surface area contributed by atoms with Gasteiger partial charge in [-0.3, -0.25) is 9.78 Å². The number of benzene rings is 2. The number of aromatic nitrogens is 1. The molecular formula is C16H9NOS. The first-order valence-electron chi connectivity index (χ1n) is 6.04. The third kappa shape index (κ3) is 1.48. The number of fused-ring (bicyclic) bond motifs is 4. The minimum atomic E-state index is 0.0719. The predicted molar refractivity (Wildman–Crippen MR) is 80.9 cm³/mol. The molecule has 0 spiro atoms. The highest BCUT2D eigenvalue weighted by molar-refractivity contribution is 7.25. The van der Waals surface area contributed by atoms with Crippen LogP contribution in [0.5, 0.6) is 0 Å². The highest BCUT2D eigenvalue weighted by Gasteiger charge is 2.08. The van der Waals surface area contributed by atoms with Crippen LogP contribution in [-0.4, -0.2) is 4.98 Å². The topological polar surface area (TPSA) is 30.0 Å². The van der Waals surface area contributed by atoms with E-state index in [1.54, 1.807) is 17.5 Å². The fraction of sp³-hybridized carbons (Fsp3) is 0. The average Bonchev–Trinajstić information content (AvgIpc) is 2.47. The maximum atomic E-state index is 12.5. The van der Waals surface area contributed by atoms with Gasteiger partial charge in [-0.05, 0) is 18.2 Å². The van der Waals surface area contributed by atoms with Crippen molar-refractivity contribution in [1.29, 1.82) is 0 Å². The molecule has 0 saturated carbocycles. The Hall–Kier alpha value is -2.26. The smallest absolute Gasteiger partial charge is 0.197 e. The largest absolute Gasteiger partial charge is 0.288 e. The number of hydrogen-bond acceptors (Lipinski definition) is 3. The van der Waals surface area contributed by atoms with E-state index in [4.69, 9.17) is 0 Å². The molecule has 0 bridgehead atoms. The molecule has 0 radical (unpaired) electrons. The van der Waals surface area contributed by atoms with E-state index in [1.165, 1.54) is 0 Å². The highest BCUT2D eigenvalue weighted by Crippen LogP contribution is 2.29. The molecule has 0 unspecified atom stereocenters. The first-order valence-corrected chi connectivity index (χ1v) is 6.85. The Kier molecular flexibility index (Phi) is 2.17. The molecule has 0 fully saturated rings. The van der Waals surface area contributed by atoms with Crippen LogP contribution in [0.1, 0.15) is 0 Å². The van der Waals surface area contributed by atoms with Gasteiger partial charge in [-0.15, -0.1) is 11.3 Å². The first-order chi connectivity index (χ1) is 9.34. The van der Waals surface area contributed by atoms with Crippen LogP contribution >= 0.6 is 11.3 Å². The van der Waals surface area contributed by atoms with Gasteiger partial charge in [0.25, 0.3) is 0 Å². The van der Waals surface area contributed by atoms with Gasteiger partial charge in [0.05, 0.1) is 10.9 Å². The van der Waals surface area contributed by atoms with E-state index >= 15 is 0 Å². The van der Waals surface area contributed by atoms with E-state index in [1.807, 2.05) is 48.5 Å². The van der Waals surface area contributed by atoms with E-state index < -0.39 is 0 Å². The average molecular weight is 263 g/mol. The molecule has 0 atom stereocenters. The van der Waals surface area contributed by atoms with Crippen LogP contribution in [0.2, 0.25) is 0 Å². The normalized spacial score (nSPS) is 11.4. The van der Waals surface area contributed by atoms with Gasteiger partial charge in [0, 0.05) is 26.4 Å². The summed E-state index contributed by atoms with van der Waals surface area (Å²) >= 11 is 1.65. The first kappa shape index (κ1) is 10.6. The lowest BCUT2D eigenvalue weighted by Gasteiger charge is -2.03. The number of nitrogens with zero attached hydrogens (tertiary/aromatic N) is 1. The molecule has 19 heavy (non-hydrogen) atoms. The predicted octanol–water partition coefficient (Wildman–Crippen LogP) is 3.96. The summed E-state index contributed by atoms with van der Waals surface area (Å²) in [4.78, 5) is 16.9. The maximum Gasteiger partial charge on any atom is 0.197 e. The van der Waals surface area contributed by atoms with E-state index in [9.17, 15) is 4.79 Å². The van der Waals surface area contributed by atoms with Crippen LogP contribution < -0.4 is 5.43 Å². The molecule has 0 saturated heterocycles. The lowest BCUT2D eigenvalue weighted by Crippen LogP contribution is -2.01. The Balaban J connectivity index is 2.36. The third-order valence-electron chi connectivity index (χ3n) is 3.31. The number of rotatable bonds is 0. The molecule has 0 N–H and O–H groups in total.